The second-order valence-electron chi connectivity index (χ2n) is 6.28. The van der Waals surface area contributed by atoms with Gasteiger partial charge in [-0.25, -0.2) is 9.18 Å². The smallest absolute Gasteiger partial charge is 0.407 e. The Morgan fingerprint density at radius 2 is 1.83 bits per heavy atom. The van der Waals surface area contributed by atoms with E-state index in [0.717, 1.165) is 16.7 Å². The highest BCUT2D eigenvalue weighted by Gasteiger charge is 2.15. The predicted molar refractivity (Wildman–Crippen MR) is 89.3 cm³/mol. The summed E-state index contributed by atoms with van der Waals surface area (Å²) in [6.45, 7) is 5.75. The molecule has 4 nitrogen and oxygen atoms in total. The van der Waals surface area contributed by atoms with Gasteiger partial charge in [-0.15, -0.1) is 0 Å². The van der Waals surface area contributed by atoms with Crippen LogP contribution in [0.1, 0.15) is 26.3 Å². The minimum atomic E-state index is -0.532. The van der Waals surface area contributed by atoms with Crippen LogP contribution in [0.2, 0.25) is 0 Å². The maximum atomic E-state index is 13.0. The Morgan fingerprint density at radius 1 is 1.17 bits per heavy atom. The number of rotatable bonds is 3. The van der Waals surface area contributed by atoms with Crippen LogP contribution >= 0.6 is 0 Å². The second kappa shape index (κ2) is 6.69. The van der Waals surface area contributed by atoms with Crippen molar-refractivity contribution in [3.63, 3.8) is 0 Å². The summed E-state index contributed by atoms with van der Waals surface area (Å²) < 4.78 is 18.2. The zero-order valence-electron chi connectivity index (χ0n) is 13.5. The summed E-state index contributed by atoms with van der Waals surface area (Å²) in [6, 6.07) is 11.7. The average molecular weight is 316 g/mol. The predicted octanol–water partition coefficient (Wildman–Crippen LogP) is 4.10. The number of ether oxygens (including phenoxy) is 1. The molecule has 23 heavy (non-hydrogen) atoms. The number of nitrogen functional groups attached to an aromatic ring is 1. The van der Waals surface area contributed by atoms with E-state index in [1.54, 1.807) is 18.2 Å². The first-order valence-corrected chi connectivity index (χ1v) is 7.36. The minimum Gasteiger partial charge on any atom is -0.444 e. The fourth-order valence-electron chi connectivity index (χ4n) is 2.10. The van der Waals surface area contributed by atoms with Crippen molar-refractivity contribution in [1.29, 1.82) is 0 Å². The molecule has 2 rings (SSSR count). The van der Waals surface area contributed by atoms with Gasteiger partial charge in [0.05, 0.1) is 0 Å². The van der Waals surface area contributed by atoms with Crippen molar-refractivity contribution in [2.75, 3.05) is 5.73 Å². The van der Waals surface area contributed by atoms with E-state index in [0.29, 0.717) is 12.2 Å². The third-order valence-corrected chi connectivity index (χ3v) is 3.11. The summed E-state index contributed by atoms with van der Waals surface area (Å²) in [5.41, 5.74) is 8.63. The lowest BCUT2D eigenvalue weighted by Crippen LogP contribution is -2.32. The number of alkyl carbamates (subject to hydrolysis) is 1. The van der Waals surface area contributed by atoms with Crippen LogP contribution < -0.4 is 11.1 Å². The number of amides is 1. The first kappa shape index (κ1) is 16.8. The highest BCUT2D eigenvalue weighted by molar-refractivity contribution is 5.77. The molecule has 0 fully saturated rings. The Balaban J connectivity index is 2.05. The van der Waals surface area contributed by atoms with Crippen molar-refractivity contribution < 1.29 is 13.9 Å². The molecule has 3 N–H and O–H groups in total. The Labute approximate surface area is 135 Å². The van der Waals surface area contributed by atoms with Gasteiger partial charge in [0.1, 0.15) is 11.4 Å². The zero-order valence-corrected chi connectivity index (χ0v) is 13.5. The molecular formula is C18H21FN2O2. The Bertz CT molecular complexity index is 691. The Hall–Kier alpha value is -2.56. The molecule has 0 saturated carbocycles. The normalized spacial score (nSPS) is 11.1. The SMILES string of the molecule is CC(C)(C)OC(=O)NCc1ccc(-c2ccc(F)cc2)c(N)c1. The first-order chi connectivity index (χ1) is 10.7. The number of nitrogens with one attached hydrogen (secondary N) is 1. The summed E-state index contributed by atoms with van der Waals surface area (Å²) >= 11 is 0. The molecule has 5 heteroatoms. The number of anilines is 1. The number of halogens is 1. The summed E-state index contributed by atoms with van der Waals surface area (Å²) in [5, 5.41) is 2.68. The molecule has 2 aromatic carbocycles. The molecule has 0 atom stereocenters. The number of hydrogen-bond donors (Lipinski definition) is 2. The maximum Gasteiger partial charge on any atom is 0.407 e. The zero-order chi connectivity index (χ0) is 17.0. The molecule has 2 aromatic rings. The Morgan fingerprint density at radius 3 is 2.39 bits per heavy atom. The fraction of sp³-hybridized carbons (Fsp3) is 0.278. The van der Waals surface area contributed by atoms with E-state index in [9.17, 15) is 9.18 Å². The van der Waals surface area contributed by atoms with Gasteiger partial charge in [0.25, 0.3) is 0 Å². The third-order valence-electron chi connectivity index (χ3n) is 3.11. The lowest BCUT2D eigenvalue weighted by molar-refractivity contribution is 0.0523. The van der Waals surface area contributed by atoms with Gasteiger partial charge in [0.2, 0.25) is 0 Å². The van der Waals surface area contributed by atoms with Gasteiger partial charge < -0.3 is 15.8 Å². The van der Waals surface area contributed by atoms with E-state index in [-0.39, 0.29) is 5.82 Å². The summed E-state index contributed by atoms with van der Waals surface area (Å²) in [6.07, 6.45) is -0.473. The number of hydrogen-bond acceptors (Lipinski definition) is 3. The van der Waals surface area contributed by atoms with E-state index in [1.807, 2.05) is 32.9 Å². The molecule has 0 aromatic heterocycles. The van der Waals surface area contributed by atoms with Crippen molar-refractivity contribution in [3.8, 4) is 11.1 Å². The molecule has 0 unspecified atom stereocenters. The molecule has 0 bridgehead atoms. The molecule has 122 valence electrons. The van der Waals surface area contributed by atoms with Crippen LogP contribution in [0.5, 0.6) is 0 Å². The molecule has 0 aliphatic rings. The van der Waals surface area contributed by atoms with Crippen LogP contribution in [0.3, 0.4) is 0 Å². The van der Waals surface area contributed by atoms with E-state index in [2.05, 4.69) is 5.32 Å². The molecule has 0 heterocycles. The average Bonchev–Trinajstić information content (AvgIpc) is 2.45. The highest BCUT2D eigenvalue weighted by Crippen LogP contribution is 2.27. The lowest BCUT2D eigenvalue weighted by atomic mass is 10.0. The van der Waals surface area contributed by atoms with Gasteiger partial charge >= 0.3 is 6.09 Å². The van der Waals surface area contributed by atoms with Crippen molar-refractivity contribution in [2.45, 2.75) is 32.9 Å². The molecule has 0 aliphatic carbocycles. The molecule has 1 amide bonds. The minimum absolute atomic E-state index is 0.287. The van der Waals surface area contributed by atoms with Crippen LogP contribution in [0, 0.1) is 5.82 Å². The van der Waals surface area contributed by atoms with Crippen molar-refractivity contribution in [3.05, 3.63) is 53.8 Å². The number of benzene rings is 2. The molecule has 0 saturated heterocycles. The number of nitrogens with two attached hydrogens (primary N) is 1. The van der Waals surface area contributed by atoms with E-state index < -0.39 is 11.7 Å². The van der Waals surface area contributed by atoms with Gasteiger partial charge in [0.15, 0.2) is 0 Å². The van der Waals surface area contributed by atoms with Gasteiger partial charge in [-0.05, 0) is 50.1 Å². The number of carbonyl (C=O) groups excluding carboxylic acids is 1. The lowest BCUT2D eigenvalue weighted by Gasteiger charge is -2.19. The monoisotopic (exact) mass is 316 g/mol. The van der Waals surface area contributed by atoms with Crippen LogP contribution in [-0.2, 0) is 11.3 Å². The topological polar surface area (TPSA) is 64.3 Å². The largest absolute Gasteiger partial charge is 0.444 e. The van der Waals surface area contributed by atoms with Gasteiger partial charge in [-0.1, -0.05) is 24.3 Å². The van der Waals surface area contributed by atoms with Gasteiger partial charge in [-0.3, -0.25) is 0 Å². The summed E-state index contributed by atoms with van der Waals surface area (Å²) in [4.78, 5) is 11.6. The van der Waals surface area contributed by atoms with Crippen molar-refractivity contribution >= 4 is 11.8 Å². The van der Waals surface area contributed by atoms with Gasteiger partial charge in [-0.2, -0.15) is 0 Å². The Kier molecular flexibility index (Phi) is 4.89. The molecule has 0 spiro atoms. The number of carbonyl (C=O) groups is 1. The van der Waals surface area contributed by atoms with Crippen molar-refractivity contribution in [2.24, 2.45) is 0 Å². The summed E-state index contributed by atoms with van der Waals surface area (Å²) in [5.74, 6) is -0.287. The van der Waals surface area contributed by atoms with Crippen molar-refractivity contribution in [1.82, 2.24) is 5.32 Å². The second-order valence-corrected chi connectivity index (χ2v) is 6.28. The molecule has 0 aliphatic heterocycles. The summed E-state index contributed by atoms with van der Waals surface area (Å²) in [7, 11) is 0. The van der Waals surface area contributed by atoms with Crippen LogP contribution in [-0.4, -0.2) is 11.7 Å². The van der Waals surface area contributed by atoms with E-state index in [1.165, 1.54) is 12.1 Å². The molecular weight excluding hydrogens is 295 g/mol. The maximum absolute atomic E-state index is 13.0. The first-order valence-electron chi connectivity index (χ1n) is 7.36. The van der Waals surface area contributed by atoms with Gasteiger partial charge in [0, 0.05) is 17.8 Å². The van der Waals surface area contributed by atoms with Crippen LogP contribution in [0.4, 0.5) is 14.9 Å². The fourth-order valence-corrected chi connectivity index (χ4v) is 2.10. The molecule has 0 radical (unpaired) electrons. The third kappa shape index (κ3) is 4.98. The van der Waals surface area contributed by atoms with E-state index in [4.69, 9.17) is 10.5 Å². The van der Waals surface area contributed by atoms with E-state index >= 15 is 0 Å². The standard InChI is InChI=1S/C18H21FN2O2/c1-18(2,3)23-17(22)21-11-12-4-9-15(16(20)10-12)13-5-7-14(19)8-6-13/h4-10H,11,20H2,1-3H3,(H,21,22). The van der Waals surface area contributed by atoms with Crippen LogP contribution in [0.25, 0.3) is 11.1 Å². The van der Waals surface area contributed by atoms with Crippen LogP contribution in [0.15, 0.2) is 42.5 Å². The highest BCUT2D eigenvalue weighted by atomic mass is 19.1. The quantitative estimate of drug-likeness (QED) is 0.838.